The van der Waals surface area contributed by atoms with E-state index in [1.807, 2.05) is 0 Å². The van der Waals surface area contributed by atoms with Crippen molar-refractivity contribution in [3.8, 4) is 0 Å². The first-order chi connectivity index (χ1) is 16.1. The monoisotopic (exact) mass is 520 g/mol. The number of hydrogen-bond donors (Lipinski definition) is 3. The van der Waals surface area contributed by atoms with Gasteiger partial charge in [0.15, 0.2) is 0 Å². The Balaban J connectivity index is 1.59. The molecule has 1 atom stereocenters. The second kappa shape index (κ2) is 9.34. The number of benzene rings is 2. The molecule has 1 unspecified atom stereocenters. The zero-order chi connectivity index (χ0) is 24.6. The normalized spacial score (nSPS) is 17.1. The predicted molar refractivity (Wildman–Crippen MR) is 130 cm³/mol. The number of nitrogens with zero attached hydrogens (tertiary/aromatic N) is 2. The van der Waals surface area contributed by atoms with Crippen LogP contribution in [0.4, 0.5) is 0 Å². The molecule has 1 aromatic heterocycles. The van der Waals surface area contributed by atoms with Crippen LogP contribution in [0.25, 0.3) is 10.1 Å². The van der Waals surface area contributed by atoms with Gasteiger partial charge < -0.3 is 15.7 Å². The van der Waals surface area contributed by atoms with Crippen molar-refractivity contribution in [2.45, 2.75) is 16.7 Å². The van der Waals surface area contributed by atoms with Crippen LogP contribution in [0, 0.1) is 5.41 Å². The third-order valence-electron chi connectivity index (χ3n) is 5.61. The van der Waals surface area contributed by atoms with Gasteiger partial charge in [0.25, 0.3) is 15.9 Å². The number of thiophene rings is 1. The maximum Gasteiger partial charge on any atom is 0.305 e. The van der Waals surface area contributed by atoms with Crippen LogP contribution in [0.2, 0.25) is 5.02 Å². The first kappa shape index (κ1) is 24.1. The van der Waals surface area contributed by atoms with Gasteiger partial charge in [-0.25, -0.2) is 8.42 Å². The average molecular weight is 521 g/mol. The lowest BCUT2D eigenvalue weighted by Gasteiger charge is -2.40. The molecule has 2 heterocycles. The summed E-state index contributed by atoms with van der Waals surface area (Å²) in [4.78, 5) is 26.0. The van der Waals surface area contributed by atoms with Gasteiger partial charge in [0.2, 0.25) is 0 Å². The van der Waals surface area contributed by atoms with Gasteiger partial charge in [-0.15, -0.1) is 11.3 Å². The Labute approximate surface area is 204 Å². The van der Waals surface area contributed by atoms with Crippen LogP contribution >= 0.6 is 22.9 Å². The van der Waals surface area contributed by atoms with Crippen LogP contribution in [-0.2, 0) is 14.8 Å². The lowest BCUT2D eigenvalue weighted by molar-refractivity contribution is -0.138. The van der Waals surface area contributed by atoms with Crippen molar-refractivity contribution >= 4 is 60.8 Å². The van der Waals surface area contributed by atoms with Gasteiger partial charge in [0, 0.05) is 40.5 Å². The number of nitrogens with one attached hydrogen (secondary N) is 1. The highest BCUT2D eigenvalue weighted by Gasteiger charge is 2.38. The van der Waals surface area contributed by atoms with E-state index in [1.165, 1.54) is 33.5 Å². The highest BCUT2D eigenvalue weighted by molar-refractivity contribution is 7.91. The quantitative estimate of drug-likeness (QED) is 0.336. The molecule has 4 rings (SSSR count). The maximum absolute atomic E-state index is 13.3. The molecule has 12 heteroatoms. The summed E-state index contributed by atoms with van der Waals surface area (Å²) in [5.74, 6) is -1.68. The van der Waals surface area contributed by atoms with E-state index in [0.29, 0.717) is 16.1 Å². The number of carboxylic acid groups (broad SMARTS) is 1. The largest absolute Gasteiger partial charge is 0.481 e. The molecule has 0 bridgehead atoms. The second-order valence-electron chi connectivity index (χ2n) is 7.85. The number of amidine groups is 1. The van der Waals surface area contributed by atoms with Crippen molar-refractivity contribution < 1.29 is 23.1 Å². The van der Waals surface area contributed by atoms with Crippen molar-refractivity contribution in [2.75, 3.05) is 19.6 Å². The van der Waals surface area contributed by atoms with E-state index in [1.54, 1.807) is 24.3 Å². The first-order valence-electron chi connectivity index (χ1n) is 10.2. The molecule has 4 N–H and O–H groups in total. The number of hydrogen-bond acceptors (Lipinski definition) is 6. The minimum Gasteiger partial charge on any atom is -0.481 e. The molecule has 1 aliphatic heterocycles. The number of rotatable bonds is 6. The van der Waals surface area contributed by atoms with Crippen molar-refractivity contribution in [2.24, 2.45) is 5.73 Å². The van der Waals surface area contributed by atoms with Crippen LogP contribution < -0.4 is 5.73 Å². The number of piperazine rings is 1. The van der Waals surface area contributed by atoms with E-state index in [9.17, 15) is 23.1 Å². The average Bonchev–Trinajstić information content (AvgIpc) is 3.22. The highest BCUT2D eigenvalue weighted by Crippen LogP contribution is 2.33. The van der Waals surface area contributed by atoms with Gasteiger partial charge >= 0.3 is 5.97 Å². The Morgan fingerprint density at radius 1 is 1.12 bits per heavy atom. The smallest absolute Gasteiger partial charge is 0.305 e. The Morgan fingerprint density at radius 3 is 2.44 bits per heavy atom. The van der Waals surface area contributed by atoms with Crippen molar-refractivity contribution in [3.63, 3.8) is 0 Å². The molecule has 1 fully saturated rings. The number of aliphatic carboxylic acids is 1. The van der Waals surface area contributed by atoms with Crippen LogP contribution in [0.3, 0.4) is 0 Å². The van der Waals surface area contributed by atoms with Crippen molar-refractivity contribution in [1.82, 2.24) is 9.21 Å². The Kier molecular flexibility index (Phi) is 6.63. The van der Waals surface area contributed by atoms with Gasteiger partial charge in [-0.05, 0) is 35.7 Å². The number of amides is 1. The molecule has 0 saturated carbocycles. The number of halogens is 1. The summed E-state index contributed by atoms with van der Waals surface area (Å²) in [7, 11) is -3.89. The van der Waals surface area contributed by atoms with E-state index in [4.69, 9.17) is 22.7 Å². The summed E-state index contributed by atoms with van der Waals surface area (Å²) < 4.78 is 28.8. The first-order valence-corrected chi connectivity index (χ1v) is 12.9. The summed E-state index contributed by atoms with van der Waals surface area (Å²) in [5, 5.41) is 18.1. The van der Waals surface area contributed by atoms with Crippen LogP contribution in [0.15, 0.2) is 52.7 Å². The van der Waals surface area contributed by atoms with E-state index in [0.717, 1.165) is 21.4 Å². The number of carboxylic acids is 1. The standard InChI is InChI=1S/C22H21ClN4O5S2/c23-16-6-5-15-9-20(33-18(15)10-16)34(31,32)26-7-8-27(17(12-26)11-19(28)29)22(30)14-3-1-13(2-4-14)21(24)25/h1-6,9-10,17H,7-8,11-12H2,(H3,24,25)(H,28,29). The second-order valence-corrected chi connectivity index (χ2v) is 11.5. The summed E-state index contributed by atoms with van der Waals surface area (Å²) in [6, 6.07) is 12.0. The van der Waals surface area contributed by atoms with Gasteiger partial charge in [-0.3, -0.25) is 15.0 Å². The van der Waals surface area contributed by atoms with Gasteiger partial charge in [-0.1, -0.05) is 29.8 Å². The SMILES string of the molecule is N=C(N)c1ccc(C(=O)N2CCN(S(=O)(=O)c3cc4ccc(Cl)cc4s3)CC2CC(=O)O)cc1. The maximum atomic E-state index is 13.3. The molecule has 0 spiro atoms. The lowest BCUT2D eigenvalue weighted by atomic mass is 10.1. The van der Waals surface area contributed by atoms with E-state index < -0.39 is 34.4 Å². The number of carbonyl (C=O) groups excluding carboxylic acids is 1. The van der Waals surface area contributed by atoms with Gasteiger partial charge in [0.05, 0.1) is 12.5 Å². The number of fused-ring (bicyclic) bond motifs is 1. The molecule has 34 heavy (non-hydrogen) atoms. The van der Waals surface area contributed by atoms with E-state index in [-0.39, 0.29) is 29.7 Å². The summed E-state index contributed by atoms with van der Waals surface area (Å²) in [6.45, 7) is -0.0627. The van der Waals surface area contributed by atoms with E-state index >= 15 is 0 Å². The number of nitrogen functional groups attached to an aromatic ring is 1. The predicted octanol–water partition coefficient (Wildman–Crippen LogP) is 2.83. The van der Waals surface area contributed by atoms with Crippen molar-refractivity contribution in [3.05, 3.63) is 64.7 Å². The zero-order valence-corrected chi connectivity index (χ0v) is 20.2. The number of nitrogens with two attached hydrogens (primary N) is 1. The Bertz CT molecular complexity index is 1390. The Morgan fingerprint density at radius 2 is 1.79 bits per heavy atom. The molecule has 9 nitrogen and oxygen atoms in total. The zero-order valence-electron chi connectivity index (χ0n) is 17.8. The minimum atomic E-state index is -3.89. The number of sulfonamides is 1. The van der Waals surface area contributed by atoms with Gasteiger partial charge in [-0.2, -0.15) is 4.31 Å². The topological polar surface area (TPSA) is 145 Å². The summed E-state index contributed by atoms with van der Waals surface area (Å²) >= 11 is 7.11. The van der Waals surface area contributed by atoms with E-state index in [2.05, 4.69) is 0 Å². The summed E-state index contributed by atoms with van der Waals surface area (Å²) in [5.41, 5.74) is 6.21. The summed E-state index contributed by atoms with van der Waals surface area (Å²) in [6.07, 6.45) is -0.398. The molecule has 0 radical (unpaired) electrons. The molecule has 1 saturated heterocycles. The van der Waals surface area contributed by atoms with Crippen molar-refractivity contribution in [1.29, 1.82) is 5.41 Å². The molecule has 3 aromatic rings. The third kappa shape index (κ3) is 4.78. The molecule has 178 valence electrons. The molecule has 0 aliphatic carbocycles. The van der Waals surface area contributed by atoms with Crippen LogP contribution in [-0.4, -0.2) is 66.1 Å². The van der Waals surface area contributed by atoms with Gasteiger partial charge in [0.1, 0.15) is 10.0 Å². The molecule has 2 aromatic carbocycles. The van der Waals surface area contributed by atoms with Crippen LogP contribution in [0.5, 0.6) is 0 Å². The third-order valence-corrected chi connectivity index (χ3v) is 9.26. The number of carbonyl (C=O) groups is 2. The molecular weight excluding hydrogens is 500 g/mol. The fraction of sp³-hybridized carbons (Fsp3) is 0.227. The van der Waals surface area contributed by atoms with Crippen LogP contribution in [0.1, 0.15) is 22.3 Å². The molecule has 1 aliphatic rings. The lowest BCUT2D eigenvalue weighted by Crippen LogP contribution is -2.57. The Hall–Kier alpha value is -2.99. The minimum absolute atomic E-state index is 0.0325. The molecular formula is C22H21ClN4O5S2. The fourth-order valence-electron chi connectivity index (χ4n) is 3.88. The molecule has 1 amide bonds. The highest BCUT2D eigenvalue weighted by atomic mass is 35.5. The fourth-order valence-corrected chi connectivity index (χ4v) is 7.18.